The van der Waals surface area contributed by atoms with Gasteiger partial charge in [-0.1, -0.05) is 24.6 Å². The first kappa shape index (κ1) is 16.5. The summed E-state index contributed by atoms with van der Waals surface area (Å²) in [6, 6.07) is 7.90. The van der Waals surface area contributed by atoms with Gasteiger partial charge in [0.05, 0.1) is 12.5 Å². The zero-order chi connectivity index (χ0) is 16.7. The third kappa shape index (κ3) is 2.31. The molecule has 2 atom stereocenters. The molecule has 1 aromatic rings. The van der Waals surface area contributed by atoms with Gasteiger partial charge in [0.1, 0.15) is 5.75 Å². The van der Waals surface area contributed by atoms with Crippen LogP contribution in [0.4, 0.5) is 0 Å². The second-order valence-electron chi connectivity index (χ2n) is 6.54. The van der Waals surface area contributed by atoms with Gasteiger partial charge >= 0.3 is 0 Å². The van der Waals surface area contributed by atoms with Gasteiger partial charge in [0.15, 0.2) is 5.78 Å². The average molecular weight is 298 g/mol. The molecule has 0 aliphatic heterocycles. The first-order valence-corrected chi connectivity index (χ1v) is 7.79. The van der Waals surface area contributed by atoms with Crippen molar-refractivity contribution in [1.29, 1.82) is 0 Å². The van der Waals surface area contributed by atoms with E-state index in [9.17, 15) is 4.79 Å². The zero-order valence-electron chi connectivity index (χ0n) is 14.7. The standard InChI is InChI=1S/C20H26O2/c1-12-13(2)15(4)19(21)20(6,16(5)14(12)3)17-8-10-18(22-7)11-9-17/h8-11,16H,1-7H3. The number of hydrogen-bond donors (Lipinski definition) is 0. The molecule has 1 aromatic carbocycles. The fraction of sp³-hybridized carbons (Fsp3) is 0.450. The van der Waals surface area contributed by atoms with Crippen molar-refractivity contribution in [3.05, 3.63) is 52.1 Å². The van der Waals surface area contributed by atoms with E-state index < -0.39 is 5.41 Å². The van der Waals surface area contributed by atoms with E-state index in [0.29, 0.717) is 0 Å². The molecule has 0 bridgehead atoms. The Balaban J connectivity index is 2.67. The first-order valence-electron chi connectivity index (χ1n) is 7.79. The number of carbonyl (C=O) groups excluding carboxylic acids is 1. The molecule has 0 saturated carbocycles. The Hall–Kier alpha value is -1.83. The molecule has 118 valence electrons. The molecule has 1 aliphatic rings. The molecular formula is C20H26O2. The van der Waals surface area contributed by atoms with Crippen LogP contribution in [0.25, 0.3) is 0 Å². The van der Waals surface area contributed by atoms with E-state index in [1.807, 2.05) is 31.2 Å². The highest BCUT2D eigenvalue weighted by molar-refractivity contribution is 6.05. The lowest BCUT2D eigenvalue weighted by Gasteiger charge is -2.35. The summed E-state index contributed by atoms with van der Waals surface area (Å²) >= 11 is 0. The third-order valence-electron chi connectivity index (χ3n) is 5.73. The van der Waals surface area contributed by atoms with Gasteiger partial charge in [-0.3, -0.25) is 4.79 Å². The summed E-state index contributed by atoms with van der Waals surface area (Å²) in [5.41, 5.74) is 5.04. The Morgan fingerprint density at radius 3 is 2.00 bits per heavy atom. The maximum Gasteiger partial charge on any atom is 0.169 e. The lowest BCUT2D eigenvalue weighted by Crippen LogP contribution is -2.39. The molecule has 0 radical (unpaired) electrons. The monoisotopic (exact) mass is 298 g/mol. The minimum absolute atomic E-state index is 0.154. The van der Waals surface area contributed by atoms with E-state index >= 15 is 0 Å². The molecule has 0 spiro atoms. The molecular weight excluding hydrogens is 272 g/mol. The number of carbonyl (C=O) groups is 1. The molecule has 0 N–H and O–H groups in total. The average Bonchev–Trinajstić information content (AvgIpc) is 2.59. The van der Waals surface area contributed by atoms with Crippen LogP contribution < -0.4 is 4.74 Å². The quantitative estimate of drug-likeness (QED) is 0.780. The van der Waals surface area contributed by atoms with Crippen LogP contribution in [0.1, 0.15) is 47.1 Å². The van der Waals surface area contributed by atoms with Crippen molar-refractivity contribution < 1.29 is 9.53 Å². The summed E-state index contributed by atoms with van der Waals surface area (Å²) < 4.78 is 5.24. The number of benzene rings is 1. The van der Waals surface area contributed by atoms with E-state index in [1.54, 1.807) is 7.11 Å². The van der Waals surface area contributed by atoms with E-state index in [4.69, 9.17) is 4.74 Å². The fourth-order valence-corrected chi connectivity index (χ4v) is 3.41. The van der Waals surface area contributed by atoms with Gasteiger partial charge in [-0.2, -0.15) is 0 Å². The molecule has 22 heavy (non-hydrogen) atoms. The predicted molar refractivity (Wildman–Crippen MR) is 91.3 cm³/mol. The SMILES string of the molecule is COc1ccc(C2(C)C(=O)C(C)=C(C)C(C)=C(C)C2C)cc1. The van der Waals surface area contributed by atoms with Gasteiger partial charge in [0.25, 0.3) is 0 Å². The summed E-state index contributed by atoms with van der Waals surface area (Å²) in [5.74, 6) is 1.19. The summed E-state index contributed by atoms with van der Waals surface area (Å²) in [4.78, 5) is 13.2. The van der Waals surface area contributed by atoms with E-state index in [0.717, 1.165) is 22.5 Å². The van der Waals surface area contributed by atoms with Crippen LogP contribution in [-0.2, 0) is 10.2 Å². The zero-order valence-corrected chi connectivity index (χ0v) is 14.7. The Labute approximate surface area is 133 Å². The lowest BCUT2D eigenvalue weighted by atomic mass is 9.66. The smallest absolute Gasteiger partial charge is 0.169 e. The topological polar surface area (TPSA) is 26.3 Å². The first-order chi connectivity index (χ1) is 10.2. The van der Waals surface area contributed by atoms with Crippen molar-refractivity contribution >= 4 is 5.78 Å². The summed E-state index contributed by atoms with van der Waals surface area (Å²) in [5, 5.41) is 0. The second kappa shape index (κ2) is 5.75. The van der Waals surface area contributed by atoms with Crippen LogP contribution in [0.3, 0.4) is 0 Å². The van der Waals surface area contributed by atoms with Crippen molar-refractivity contribution in [3.63, 3.8) is 0 Å². The van der Waals surface area contributed by atoms with Crippen LogP contribution in [-0.4, -0.2) is 12.9 Å². The minimum atomic E-state index is -0.542. The molecule has 2 unspecified atom stereocenters. The van der Waals surface area contributed by atoms with Crippen LogP contribution >= 0.6 is 0 Å². The highest BCUT2D eigenvalue weighted by atomic mass is 16.5. The maximum atomic E-state index is 13.2. The van der Waals surface area contributed by atoms with Crippen LogP contribution in [0, 0.1) is 5.92 Å². The van der Waals surface area contributed by atoms with E-state index in [1.165, 1.54) is 11.1 Å². The van der Waals surface area contributed by atoms with Crippen molar-refractivity contribution in [1.82, 2.24) is 0 Å². The molecule has 1 aliphatic carbocycles. The van der Waals surface area contributed by atoms with Crippen molar-refractivity contribution in [2.75, 3.05) is 7.11 Å². The van der Waals surface area contributed by atoms with Crippen LogP contribution in [0.2, 0.25) is 0 Å². The van der Waals surface area contributed by atoms with Gasteiger partial charge < -0.3 is 4.74 Å². The number of ketones is 1. The molecule has 2 nitrogen and oxygen atoms in total. The molecule has 2 heteroatoms. The highest BCUT2D eigenvalue weighted by Crippen LogP contribution is 2.44. The van der Waals surface area contributed by atoms with Gasteiger partial charge in [0.2, 0.25) is 0 Å². The summed E-state index contributed by atoms with van der Waals surface area (Å²) in [6.07, 6.45) is 0. The number of ether oxygens (including phenoxy) is 1. The predicted octanol–water partition coefficient (Wildman–Crippen LogP) is 4.84. The second-order valence-corrected chi connectivity index (χ2v) is 6.54. The Morgan fingerprint density at radius 1 is 0.955 bits per heavy atom. The number of Topliss-reactive ketones (excluding diaryl/α,β-unsaturated/α-hetero) is 1. The Morgan fingerprint density at radius 2 is 1.50 bits per heavy atom. The van der Waals surface area contributed by atoms with Gasteiger partial charge in [-0.25, -0.2) is 0 Å². The minimum Gasteiger partial charge on any atom is -0.497 e. The largest absolute Gasteiger partial charge is 0.497 e. The number of rotatable bonds is 2. The fourth-order valence-electron chi connectivity index (χ4n) is 3.41. The van der Waals surface area contributed by atoms with Crippen molar-refractivity contribution in [2.45, 2.75) is 47.0 Å². The number of hydrogen-bond acceptors (Lipinski definition) is 2. The molecule has 0 heterocycles. The van der Waals surface area contributed by atoms with Crippen molar-refractivity contribution in [2.24, 2.45) is 5.92 Å². The molecule has 0 amide bonds. The summed E-state index contributed by atoms with van der Waals surface area (Å²) in [7, 11) is 1.66. The normalized spacial score (nSPS) is 26.3. The third-order valence-corrected chi connectivity index (χ3v) is 5.73. The van der Waals surface area contributed by atoms with Crippen LogP contribution in [0.5, 0.6) is 5.75 Å². The lowest BCUT2D eigenvalue weighted by molar-refractivity contribution is -0.121. The van der Waals surface area contributed by atoms with E-state index in [-0.39, 0.29) is 11.7 Å². The number of allylic oxidation sites excluding steroid dienone is 4. The van der Waals surface area contributed by atoms with Crippen molar-refractivity contribution in [3.8, 4) is 5.75 Å². The van der Waals surface area contributed by atoms with Gasteiger partial charge in [-0.05, 0) is 75.0 Å². The van der Waals surface area contributed by atoms with E-state index in [2.05, 4.69) is 34.6 Å². The summed E-state index contributed by atoms with van der Waals surface area (Å²) in [6.45, 7) is 12.5. The van der Waals surface area contributed by atoms with Crippen LogP contribution in [0.15, 0.2) is 46.6 Å². The number of methoxy groups -OCH3 is 1. The molecule has 2 rings (SSSR count). The highest BCUT2D eigenvalue weighted by Gasteiger charge is 2.43. The van der Waals surface area contributed by atoms with Gasteiger partial charge in [-0.15, -0.1) is 0 Å². The molecule has 0 aromatic heterocycles. The Kier molecular flexibility index (Phi) is 4.32. The van der Waals surface area contributed by atoms with Gasteiger partial charge in [0, 0.05) is 0 Å². The molecule has 0 fully saturated rings. The Bertz CT molecular complexity index is 661. The maximum absolute atomic E-state index is 13.2. The molecule has 0 saturated heterocycles.